The lowest BCUT2D eigenvalue weighted by atomic mass is 10.1. The molecule has 0 fully saturated rings. The van der Waals surface area contributed by atoms with Gasteiger partial charge in [-0.2, -0.15) is 0 Å². The molecule has 21 heavy (non-hydrogen) atoms. The van der Waals surface area contributed by atoms with Crippen LogP contribution in [0.15, 0.2) is 12.1 Å². The molecule has 1 N–H and O–H groups in total. The van der Waals surface area contributed by atoms with Gasteiger partial charge in [0, 0.05) is 11.6 Å². The van der Waals surface area contributed by atoms with Gasteiger partial charge in [0.15, 0.2) is 11.5 Å². The molecule has 0 saturated heterocycles. The molecule has 0 saturated carbocycles. The van der Waals surface area contributed by atoms with E-state index in [-0.39, 0.29) is 23.2 Å². The fourth-order valence-corrected chi connectivity index (χ4v) is 2.13. The number of hydrogen-bond donors (Lipinski definition) is 1. The summed E-state index contributed by atoms with van der Waals surface area (Å²) in [6, 6.07) is 2.65. The number of carbonyl (C=O) groups is 2. The van der Waals surface area contributed by atoms with Gasteiger partial charge in [0.05, 0.1) is 19.2 Å². The summed E-state index contributed by atoms with van der Waals surface area (Å²) in [7, 11) is 2.87. The third kappa shape index (κ3) is 4.01. The number of halogens is 1. The molecule has 1 aromatic rings. The van der Waals surface area contributed by atoms with Crippen molar-refractivity contribution in [3.05, 3.63) is 22.7 Å². The number of methoxy groups -OCH3 is 2. The summed E-state index contributed by atoms with van der Waals surface area (Å²) in [5.74, 6) is -0.878. The van der Waals surface area contributed by atoms with Gasteiger partial charge in [-0.3, -0.25) is 9.59 Å². The van der Waals surface area contributed by atoms with Crippen molar-refractivity contribution in [3.8, 4) is 11.5 Å². The lowest BCUT2D eigenvalue weighted by Crippen LogP contribution is -2.40. The molecular formula is C14H18ClNO5. The van der Waals surface area contributed by atoms with E-state index in [9.17, 15) is 9.59 Å². The molecular weight excluding hydrogens is 298 g/mol. The van der Waals surface area contributed by atoms with Gasteiger partial charge in [0.25, 0.3) is 5.91 Å². The highest BCUT2D eigenvalue weighted by atomic mass is 35.5. The van der Waals surface area contributed by atoms with Crippen LogP contribution in [0.3, 0.4) is 0 Å². The van der Waals surface area contributed by atoms with E-state index in [0.29, 0.717) is 11.5 Å². The largest absolute Gasteiger partial charge is 0.493 e. The van der Waals surface area contributed by atoms with Crippen molar-refractivity contribution in [1.82, 2.24) is 4.90 Å². The highest BCUT2D eigenvalue weighted by Gasteiger charge is 2.23. The van der Waals surface area contributed by atoms with Crippen LogP contribution in [0.1, 0.15) is 24.2 Å². The molecule has 0 aliphatic rings. The van der Waals surface area contributed by atoms with Crippen LogP contribution < -0.4 is 9.47 Å². The van der Waals surface area contributed by atoms with E-state index >= 15 is 0 Å². The molecule has 0 atom stereocenters. The summed E-state index contributed by atoms with van der Waals surface area (Å²) in [5.41, 5.74) is 0.243. The van der Waals surface area contributed by atoms with E-state index < -0.39 is 11.9 Å². The maximum absolute atomic E-state index is 12.4. The smallest absolute Gasteiger partial charge is 0.323 e. The van der Waals surface area contributed by atoms with Gasteiger partial charge in [-0.15, -0.1) is 0 Å². The van der Waals surface area contributed by atoms with E-state index in [1.807, 2.05) is 0 Å². The Hall–Kier alpha value is -1.95. The van der Waals surface area contributed by atoms with Crippen molar-refractivity contribution in [2.75, 3.05) is 20.8 Å². The highest BCUT2D eigenvalue weighted by molar-refractivity contribution is 6.32. The molecule has 1 amide bonds. The predicted molar refractivity (Wildman–Crippen MR) is 78.4 cm³/mol. The Bertz CT molecular complexity index is 544. The molecule has 116 valence electrons. The first-order valence-electron chi connectivity index (χ1n) is 6.26. The lowest BCUT2D eigenvalue weighted by molar-refractivity contribution is -0.138. The second-order valence-electron chi connectivity index (χ2n) is 4.61. The number of benzene rings is 1. The third-order valence-corrected chi connectivity index (χ3v) is 3.15. The average Bonchev–Trinajstić information content (AvgIpc) is 2.42. The maximum Gasteiger partial charge on any atom is 0.323 e. The van der Waals surface area contributed by atoms with Gasteiger partial charge in [0.2, 0.25) is 0 Å². The van der Waals surface area contributed by atoms with Crippen LogP contribution in [0.25, 0.3) is 0 Å². The van der Waals surface area contributed by atoms with Gasteiger partial charge in [-0.05, 0) is 26.0 Å². The van der Waals surface area contributed by atoms with Crippen molar-refractivity contribution >= 4 is 23.5 Å². The maximum atomic E-state index is 12.4. The summed E-state index contributed by atoms with van der Waals surface area (Å²) in [5, 5.41) is 9.12. The van der Waals surface area contributed by atoms with Crippen LogP contribution in [0.5, 0.6) is 11.5 Å². The highest BCUT2D eigenvalue weighted by Crippen LogP contribution is 2.36. The SMILES string of the molecule is COc1cc(C(=O)N(CC(=O)O)C(C)C)cc(Cl)c1OC. The third-order valence-electron chi connectivity index (χ3n) is 2.87. The first-order chi connectivity index (χ1) is 9.81. The minimum Gasteiger partial charge on any atom is -0.493 e. The van der Waals surface area contributed by atoms with Crippen LogP contribution in [0, 0.1) is 0 Å². The first kappa shape index (κ1) is 17.1. The van der Waals surface area contributed by atoms with Crippen molar-refractivity contribution < 1.29 is 24.2 Å². The summed E-state index contributed by atoms with van der Waals surface area (Å²) in [4.78, 5) is 24.6. The summed E-state index contributed by atoms with van der Waals surface area (Å²) >= 11 is 6.06. The van der Waals surface area contributed by atoms with Crippen molar-refractivity contribution in [3.63, 3.8) is 0 Å². The Labute approximate surface area is 128 Å². The number of carbonyl (C=O) groups excluding carboxylic acids is 1. The number of nitrogens with zero attached hydrogens (tertiary/aromatic N) is 1. The number of aliphatic carboxylic acids is 1. The van der Waals surface area contributed by atoms with Gasteiger partial charge < -0.3 is 19.5 Å². The number of ether oxygens (including phenoxy) is 2. The number of carboxylic acids is 1. The van der Waals surface area contributed by atoms with E-state index in [1.165, 1.54) is 31.3 Å². The summed E-state index contributed by atoms with van der Waals surface area (Å²) in [6.07, 6.45) is 0. The van der Waals surface area contributed by atoms with Gasteiger partial charge in [-0.25, -0.2) is 0 Å². The molecule has 6 nitrogen and oxygen atoms in total. The Balaban J connectivity index is 3.22. The standard InChI is InChI=1S/C14H18ClNO5/c1-8(2)16(7-12(17)18)14(19)9-5-10(15)13(21-4)11(6-9)20-3/h5-6,8H,7H2,1-4H3,(H,17,18). The lowest BCUT2D eigenvalue weighted by Gasteiger charge is -2.25. The summed E-state index contributed by atoms with van der Waals surface area (Å²) in [6.45, 7) is 3.09. The van der Waals surface area contributed by atoms with Crippen LogP contribution in [-0.4, -0.2) is 48.7 Å². The zero-order chi connectivity index (χ0) is 16.2. The zero-order valence-electron chi connectivity index (χ0n) is 12.3. The van der Waals surface area contributed by atoms with E-state index in [1.54, 1.807) is 13.8 Å². The molecule has 0 bridgehead atoms. The molecule has 1 aromatic carbocycles. The van der Waals surface area contributed by atoms with Crippen LogP contribution in [0.2, 0.25) is 5.02 Å². The predicted octanol–water partition coefficient (Wildman–Crippen LogP) is 2.29. The van der Waals surface area contributed by atoms with E-state index in [0.717, 1.165) is 0 Å². The quantitative estimate of drug-likeness (QED) is 0.871. The van der Waals surface area contributed by atoms with Crippen LogP contribution in [0.4, 0.5) is 0 Å². The zero-order valence-corrected chi connectivity index (χ0v) is 13.1. The monoisotopic (exact) mass is 315 g/mol. The molecule has 0 radical (unpaired) electrons. The second kappa shape index (κ2) is 7.17. The molecule has 0 aromatic heterocycles. The first-order valence-corrected chi connectivity index (χ1v) is 6.63. The van der Waals surface area contributed by atoms with Gasteiger partial charge in [0.1, 0.15) is 6.54 Å². The molecule has 0 spiro atoms. The van der Waals surface area contributed by atoms with E-state index in [2.05, 4.69) is 0 Å². The molecule has 7 heteroatoms. The van der Waals surface area contributed by atoms with Crippen LogP contribution in [-0.2, 0) is 4.79 Å². The molecule has 0 aliphatic carbocycles. The van der Waals surface area contributed by atoms with Gasteiger partial charge in [-0.1, -0.05) is 11.6 Å². The minimum atomic E-state index is -1.08. The number of rotatable bonds is 6. The molecule has 0 heterocycles. The Kier molecular flexibility index (Phi) is 5.84. The normalized spacial score (nSPS) is 10.4. The Morgan fingerprint density at radius 1 is 1.29 bits per heavy atom. The molecule has 0 aliphatic heterocycles. The number of hydrogen-bond acceptors (Lipinski definition) is 4. The van der Waals surface area contributed by atoms with Crippen molar-refractivity contribution in [2.24, 2.45) is 0 Å². The van der Waals surface area contributed by atoms with Crippen molar-refractivity contribution in [1.29, 1.82) is 0 Å². The Morgan fingerprint density at radius 3 is 2.33 bits per heavy atom. The number of carboxylic acid groups (broad SMARTS) is 1. The topological polar surface area (TPSA) is 76.1 Å². The fraction of sp³-hybridized carbons (Fsp3) is 0.429. The fourth-order valence-electron chi connectivity index (χ4n) is 1.84. The van der Waals surface area contributed by atoms with Crippen LogP contribution >= 0.6 is 11.6 Å². The van der Waals surface area contributed by atoms with Crippen molar-refractivity contribution in [2.45, 2.75) is 19.9 Å². The average molecular weight is 316 g/mol. The van der Waals surface area contributed by atoms with Gasteiger partial charge >= 0.3 is 5.97 Å². The van der Waals surface area contributed by atoms with E-state index in [4.69, 9.17) is 26.2 Å². The second-order valence-corrected chi connectivity index (χ2v) is 5.02. The summed E-state index contributed by atoms with van der Waals surface area (Å²) < 4.78 is 10.2. The minimum absolute atomic E-state index is 0.222. The molecule has 1 rings (SSSR count). The number of amides is 1. The molecule has 0 unspecified atom stereocenters. The Morgan fingerprint density at radius 2 is 1.90 bits per heavy atom.